The first-order chi connectivity index (χ1) is 20.4. The van der Waals surface area contributed by atoms with Gasteiger partial charge < -0.3 is 20.1 Å². The van der Waals surface area contributed by atoms with Crippen LogP contribution in [0.4, 0.5) is 4.39 Å². The Morgan fingerprint density at radius 3 is 2.57 bits per heavy atom. The van der Waals surface area contributed by atoms with Gasteiger partial charge in [-0.15, -0.1) is 0 Å². The second-order valence-electron chi connectivity index (χ2n) is 11.2. The van der Waals surface area contributed by atoms with Crippen molar-refractivity contribution in [2.75, 3.05) is 39.5 Å². The summed E-state index contributed by atoms with van der Waals surface area (Å²) >= 11 is 0. The SMILES string of the molecule is O=C(O)C[C@H](CC(=O)[C@@H]1CCCN(C(=O)CCC2CCNCC2)C1)c1cncc(C#Cc2ccc(OCC[18F])cc2)c1. The number of benzene rings is 1. The number of likely N-dealkylation sites (tertiary alicyclic amines) is 1. The number of carboxylic acid groups (broad SMARTS) is 1. The van der Waals surface area contributed by atoms with E-state index in [4.69, 9.17) is 4.74 Å². The van der Waals surface area contributed by atoms with E-state index in [9.17, 15) is 23.9 Å². The van der Waals surface area contributed by atoms with Crippen LogP contribution in [0, 0.1) is 23.7 Å². The maximum atomic E-state index is 13.4. The number of nitrogens with zero attached hydrogens (tertiary/aromatic N) is 2. The highest BCUT2D eigenvalue weighted by atomic mass is 18.2. The van der Waals surface area contributed by atoms with Crippen molar-refractivity contribution in [3.63, 3.8) is 0 Å². The number of aromatic nitrogens is 1. The van der Waals surface area contributed by atoms with Crippen molar-refractivity contribution in [2.24, 2.45) is 11.8 Å². The van der Waals surface area contributed by atoms with Crippen LogP contribution in [0.3, 0.4) is 0 Å². The Labute approximate surface area is 247 Å². The molecular weight excluding hydrogens is 536 g/mol. The number of hydrogen-bond acceptors (Lipinski definition) is 6. The number of Topliss-reactive ketones (excluding diaryl/α,β-unsaturated/α-hetero) is 1. The first kappa shape index (κ1) is 31.2. The second-order valence-corrected chi connectivity index (χ2v) is 11.2. The Kier molecular flexibility index (Phi) is 11.9. The van der Waals surface area contributed by atoms with Crippen molar-refractivity contribution in [2.45, 2.75) is 57.3 Å². The van der Waals surface area contributed by atoms with Gasteiger partial charge in [-0.05, 0) is 87.0 Å². The van der Waals surface area contributed by atoms with Crippen LogP contribution in [0.2, 0.25) is 0 Å². The number of carbonyl (C=O) groups excluding carboxylic acids is 2. The van der Waals surface area contributed by atoms with Crippen LogP contribution in [-0.2, 0) is 14.4 Å². The lowest BCUT2D eigenvalue weighted by molar-refractivity contribution is -0.137. The van der Waals surface area contributed by atoms with Crippen molar-refractivity contribution in [3.8, 4) is 17.6 Å². The van der Waals surface area contributed by atoms with Gasteiger partial charge in [0.1, 0.15) is 24.8 Å². The van der Waals surface area contributed by atoms with Crippen molar-refractivity contribution in [3.05, 3.63) is 59.4 Å². The minimum Gasteiger partial charge on any atom is -0.491 e. The standard InChI is InChI=1S/C33H40FN3O5/c34-13-17-42-30-8-5-24(6-9-30)3-4-26-18-29(22-36-21-26)28(20-33(40)41)19-31(38)27-2-1-16-37(23-27)32(39)10-7-25-11-14-35-15-12-25/h5-6,8-9,18,21-22,25,27-28,35H,1-2,7,10-17,19-20,23H2,(H,40,41)/t27-,28+/m1/s1/i34-1. The van der Waals surface area contributed by atoms with Crippen LogP contribution in [0.15, 0.2) is 42.7 Å². The smallest absolute Gasteiger partial charge is 0.303 e. The molecule has 2 fully saturated rings. The molecule has 1 aromatic carbocycles. The molecule has 1 amide bonds. The van der Waals surface area contributed by atoms with Crippen molar-refractivity contribution >= 4 is 17.7 Å². The first-order valence-corrected chi connectivity index (χ1v) is 14.9. The number of amides is 1. The Morgan fingerprint density at radius 2 is 1.83 bits per heavy atom. The molecule has 8 nitrogen and oxygen atoms in total. The highest BCUT2D eigenvalue weighted by Gasteiger charge is 2.31. The van der Waals surface area contributed by atoms with Crippen LogP contribution in [0.5, 0.6) is 5.75 Å². The van der Waals surface area contributed by atoms with E-state index in [1.807, 2.05) is 4.90 Å². The molecule has 4 rings (SSSR count). The van der Waals surface area contributed by atoms with E-state index < -0.39 is 18.6 Å². The van der Waals surface area contributed by atoms with Crippen LogP contribution < -0.4 is 10.1 Å². The Bertz CT molecular complexity index is 1270. The molecule has 2 atom stereocenters. The lowest BCUT2D eigenvalue weighted by Gasteiger charge is -2.33. The number of halogens is 1. The fraction of sp³-hybridized carbons (Fsp3) is 0.515. The fourth-order valence-corrected chi connectivity index (χ4v) is 5.74. The molecule has 2 aliphatic heterocycles. The van der Waals surface area contributed by atoms with Gasteiger partial charge in [-0.1, -0.05) is 11.8 Å². The molecule has 2 N–H and O–H groups in total. The summed E-state index contributed by atoms with van der Waals surface area (Å²) in [5.74, 6) is 5.53. The molecule has 224 valence electrons. The number of hydrogen-bond donors (Lipinski definition) is 2. The maximum Gasteiger partial charge on any atom is 0.303 e. The topological polar surface area (TPSA) is 109 Å². The minimum absolute atomic E-state index is 0.000737. The zero-order chi connectivity index (χ0) is 29.7. The molecule has 2 aromatic rings. The lowest BCUT2D eigenvalue weighted by atomic mass is 9.84. The molecule has 3 heterocycles. The number of ketones is 1. The third-order valence-corrected chi connectivity index (χ3v) is 8.11. The summed E-state index contributed by atoms with van der Waals surface area (Å²) in [4.78, 5) is 44.2. The average Bonchev–Trinajstić information content (AvgIpc) is 3.02. The number of ether oxygens (including phenoxy) is 1. The van der Waals surface area contributed by atoms with Gasteiger partial charge in [0.25, 0.3) is 0 Å². The molecule has 0 aliphatic carbocycles. The highest BCUT2D eigenvalue weighted by molar-refractivity contribution is 5.84. The van der Waals surface area contributed by atoms with Crippen molar-refractivity contribution in [1.82, 2.24) is 15.2 Å². The first-order valence-electron chi connectivity index (χ1n) is 14.9. The van der Waals surface area contributed by atoms with Gasteiger partial charge in [0.2, 0.25) is 5.91 Å². The summed E-state index contributed by atoms with van der Waals surface area (Å²) in [5.41, 5.74) is 1.99. The molecule has 0 spiro atoms. The van der Waals surface area contributed by atoms with E-state index in [0.717, 1.165) is 44.3 Å². The molecule has 0 saturated carbocycles. The molecular formula is C33H40FN3O5. The van der Waals surface area contributed by atoms with Crippen LogP contribution >= 0.6 is 0 Å². The van der Waals surface area contributed by atoms with Gasteiger partial charge in [-0.2, -0.15) is 0 Å². The molecule has 1 aromatic heterocycles. The summed E-state index contributed by atoms with van der Waals surface area (Å²) in [6, 6.07) is 8.77. The van der Waals surface area contributed by atoms with E-state index in [-0.39, 0.29) is 37.1 Å². The van der Waals surface area contributed by atoms with Gasteiger partial charge >= 0.3 is 5.97 Å². The third-order valence-electron chi connectivity index (χ3n) is 8.11. The lowest BCUT2D eigenvalue weighted by Crippen LogP contribution is -2.42. The number of nitrogens with one attached hydrogen (secondary N) is 1. The predicted molar refractivity (Wildman–Crippen MR) is 157 cm³/mol. The largest absolute Gasteiger partial charge is 0.491 e. The predicted octanol–water partition coefficient (Wildman–Crippen LogP) is 4.37. The van der Waals surface area contributed by atoms with Crippen LogP contribution in [-0.4, -0.2) is 72.1 Å². The second kappa shape index (κ2) is 16.0. The molecule has 0 unspecified atom stereocenters. The molecule has 9 heteroatoms. The number of piperidine rings is 2. The zero-order valence-corrected chi connectivity index (χ0v) is 24.0. The van der Waals surface area contributed by atoms with E-state index in [2.05, 4.69) is 22.1 Å². The number of aliphatic carboxylic acids is 1. The number of carbonyl (C=O) groups is 3. The third kappa shape index (κ3) is 9.66. The summed E-state index contributed by atoms with van der Waals surface area (Å²) in [6.45, 7) is 2.54. The molecule has 0 bridgehead atoms. The van der Waals surface area contributed by atoms with Crippen molar-refractivity contribution in [1.29, 1.82) is 0 Å². The minimum atomic E-state index is -0.988. The number of rotatable bonds is 12. The zero-order valence-electron chi connectivity index (χ0n) is 24.0. The maximum absolute atomic E-state index is 13.4. The molecule has 2 aliphatic rings. The van der Waals surface area contributed by atoms with E-state index in [1.165, 1.54) is 0 Å². The van der Waals surface area contributed by atoms with Gasteiger partial charge in [0, 0.05) is 61.3 Å². The normalized spacial score (nSPS) is 18.0. The van der Waals surface area contributed by atoms with Gasteiger partial charge in [-0.25, -0.2) is 4.39 Å². The monoisotopic (exact) mass is 576 g/mol. The van der Waals surface area contributed by atoms with Gasteiger partial charge in [0.05, 0.1) is 6.42 Å². The van der Waals surface area contributed by atoms with Gasteiger partial charge in [0.15, 0.2) is 0 Å². The van der Waals surface area contributed by atoms with E-state index in [0.29, 0.717) is 48.7 Å². The number of alkyl halides is 1. The quantitative estimate of drug-likeness (QED) is 0.361. The Morgan fingerprint density at radius 1 is 1.07 bits per heavy atom. The molecule has 42 heavy (non-hydrogen) atoms. The molecule has 0 radical (unpaired) electrons. The molecule has 2 saturated heterocycles. The highest BCUT2D eigenvalue weighted by Crippen LogP contribution is 2.29. The summed E-state index contributed by atoms with van der Waals surface area (Å²) in [6.07, 6.45) is 8.17. The Hall–Kier alpha value is -3.77. The summed E-state index contributed by atoms with van der Waals surface area (Å²) < 4.78 is 17.5. The summed E-state index contributed by atoms with van der Waals surface area (Å²) in [5, 5.41) is 13.0. The van der Waals surface area contributed by atoms with Crippen LogP contribution in [0.1, 0.15) is 74.0 Å². The number of pyridine rings is 1. The number of carboxylic acids is 1. The summed E-state index contributed by atoms with van der Waals surface area (Å²) in [7, 11) is 0. The van der Waals surface area contributed by atoms with Crippen molar-refractivity contribution < 1.29 is 28.6 Å². The fourth-order valence-electron chi connectivity index (χ4n) is 5.74. The van der Waals surface area contributed by atoms with E-state index >= 15 is 0 Å². The Balaban J connectivity index is 1.37. The average molecular weight is 577 g/mol. The van der Waals surface area contributed by atoms with E-state index in [1.54, 1.807) is 42.7 Å². The van der Waals surface area contributed by atoms with Gasteiger partial charge in [-0.3, -0.25) is 19.4 Å². The van der Waals surface area contributed by atoms with Crippen LogP contribution in [0.25, 0.3) is 0 Å².